The zero-order valence-corrected chi connectivity index (χ0v) is 10.1. The molecule has 6 heteroatoms. The van der Waals surface area contributed by atoms with Crippen LogP contribution in [0.25, 0.3) is 0 Å². The fraction of sp³-hybridized carbons (Fsp3) is 0.333. The highest BCUT2D eigenvalue weighted by Crippen LogP contribution is 2.32. The fourth-order valence-corrected chi connectivity index (χ4v) is 2.63. The largest absolute Gasteiger partial charge is 0.478 e. The molecule has 15 heavy (non-hydrogen) atoms. The lowest BCUT2D eigenvalue weighted by Crippen LogP contribution is -2.21. The Labute approximate surface area is 96.1 Å². The number of amides is 1. The minimum absolute atomic E-state index is 0.0202. The van der Waals surface area contributed by atoms with Crippen LogP contribution in [0.15, 0.2) is 0 Å². The van der Waals surface area contributed by atoms with Gasteiger partial charge in [-0.05, 0) is 12.5 Å². The van der Waals surface area contributed by atoms with E-state index in [4.69, 9.17) is 16.7 Å². The Bertz CT molecular complexity index is 425. The van der Waals surface area contributed by atoms with Crippen LogP contribution in [0.4, 0.5) is 0 Å². The third-order valence-electron chi connectivity index (χ3n) is 1.92. The van der Waals surface area contributed by atoms with Crippen molar-refractivity contribution in [3.63, 3.8) is 0 Å². The van der Waals surface area contributed by atoms with E-state index in [0.717, 1.165) is 11.3 Å². The van der Waals surface area contributed by atoms with Gasteiger partial charge in [0.2, 0.25) is 0 Å². The van der Waals surface area contributed by atoms with Crippen LogP contribution >= 0.6 is 22.9 Å². The van der Waals surface area contributed by atoms with E-state index in [-0.39, 0.29) is 15.8 Å². The SMILES string of the molecule is Cc1c(C(=O)N(C)C)sc(Cl)c1C(=O)O. The van der Waals surface area contributed by atoms with Crippen molar-refractivity contribution in [1.82, 2.24) is 4.90 Å². The number of halogens is 1. The van der Waals surface area contributed by atoms with Crippen LogP contribution in [0.5, 0.6) is 0 Å². The molecule has 1 rings (SSSR count). The molecule has 0 atom stereocenters. The van der Waals surface area contributed by atoms with Gasteiger partial charge >= 0.3 is 5.97 Å². The summed E-state index contributed by atoms with van der Waals surface area (Å²) in [6, 6.07) is 0. The number of carboxylic acids is 1. The first-order valence-corrected chi connectivity index (χ1v) is 5.29. The van der Waals surface area contributed by atoms with Gasteiger partial charge in [0.1, 0.15) is 4.34 Å². The molecule has 0 unspecified atom stereocenters. The van der Waals surface area contributed by atoms with E-state index >= 15 is 0 Å². The molecule has 0 bridgehead atoms. The summed E-state index contributed by atoms with van der Waals surface area (Å²) >= 11 is 6.76. The number of thiophene rings is 1. The van der Waals surface area contributed by atoms with Gasteiger partial charge in [-0.1, -0.05) is 11.6 Å². The molecule has 82 valence electrons. The van der Waals surface area contributed by atoms with Gasteiger partial charge < -0.3 is 10.0 Å². The van der Waals surface area contributed by atoms with Gasteiger partial charge in [-0.25, -0.2) is 4.79 Å². The summed E-state index contributed by atoms with van der Waals surface area (Å²) in [6.07, 6.45) is 0. The van der Waals surface area contributed by atoms with E-state index < -0.39 is 5.97 Å². The molecule has 0 aromatic carbocycles. The Morgan fingerprint density at radius 2 is 1.93 bits per heavy atom. The second-order valence-electron chi connectivity index (χ2n) is 3.21. The summed E-state index contributed by atoms with van der Waals surface area (Å²) in [5.74, 6) is -1.33. The summed E-state index contributed by atoms with van der Waals surface area (Å²) in [5, 5.41) is 8.88. The Balaban J connectivity index is 3.30. The molecule has 1 heterocycles. The second-order valence-corrected chi connectivity index (χ2v) is 4.83. The number of nitrogens with zero attached hydrogens (tertiary/aromatic N) is 1. The lowest BCUT2D eigenvalue weighted by atomic mass is 10.1. The third kappa shape index (κ3) is 2.13. The van der Waals surface area contributed by atoms with Crippen LogP contribution in [-0.2, 0) is 0 Å². The van der Waals surface area contributed by atoms with Gasteiger partial charge in [0.15, 0.2) is 0 Å². The zero-order chi connectivity index (χ0) is 11.7. The van der Waals surface area contributed by atoms with Crippen molar-refractivity contribution in [2.24, 2.45) is 0 Å². The number of aromatic carboxylic acids is 1. The first kappa shape index (κ1) is 12.0. The van der Waals surface area contributed by atoms with Crippen LogP contribution in [0.1, 0.15) is 25.6 Å². The Hall–Kier alpha value is -1.07. The summed E-state index contributed by atoms with van der Waals surface area (Å²) in [6.45, 7) is 1.59. The van der Waals surface area contributed by atoms with E-state index in [1.54, 1.807) is 21.0 Å². The summed E-state index contributed by atoms with van der Waals surface area (Å²) < 4.78 is 0.144. The molecule has 4 nitrogen and oxygen atoms in total. The highest BCUT2D eigenvalue weighted by molar-refractivity contribution is 7.18. The first-order valence-electron chi connectivity index (χ1n) is 4.10. The maximum atomic E-state index is 11.6. The average molecular weight is 248 g/mol. The summed E-state index contributed by atoms with van der Waals surface area (Å²) in [4.78, 5) is 24.3. The van der Waals surface area contributed by atoms with E-state index in [1.807, 2.05) is 0 Å². The summed E-state index contributed by atoms with van der Waals surface area (Å²) in [7, 11) is 3.21. The number of carbonyl (C=O) groups is 2. The summed E-state index contributed by atoms with van der Waals surface area (Å²) in [5.41, 5.74) is 0.447. The minimum Gasteiger partial charge on any atom is -0.478 e. The Morgan fingerprint density at radius 3 is 2.27 bits per heavy atom. The predicted molar refractivity (Wildman–Crippen MR) is 59.0 cm³/mol. The number of rotatable bonds is 2. The van der Waals surface area contributed by atoms with Gasteiger partial charge in [-0.3, -0.25) is 4.79 Å². The van der Waals surface area contributed by atoms with Gasteiger partial charge in [-0.15, -0.1) is 11.3 Å². The van der Waals surface area contributed by atoms with E-state index in [1.165, 1.54) is 4.90 Å². The van der Waals surface area contributed by atoms with Gasteiger partial charge in [0, 0.05) is 14.1 Å². The van der Waals surface area contributed by atoms with Crippen LogP contribution < -0.4 is 0 Å². The fourth-order valence-electron chi connectivity index (χ4n) is 1.13. The predicted octanol–water partition coefficient (Wildman–Crippen LogP) is 2.11. The maximum absolute atomic E-state index is 11.6. The number of hydrogen-bond acceptors (Lipinski definition) is 3. The Kier molecular flexibility index (Phi) is 3.36. The molecule has 0 saturated heterocycles. The number of carboxylic acid groups (broad SMARTS) is 1. The molecule has 1 aromatic heterocycles. The molecular formula is C9H10ClNO3S. The van der Waals surface area contributed by atoms with Crippen LogP contribution in [0, 0.1) is 6.92 Å². The average Bonchev–Trinajstić information content (AvgIpc) is 2.40. The van der Waals surface area contributed by atoms with Gasteiger partial charge in [0.25, 0.3) is 5.91 Å². The van der Waals surface area contributed by atoms with Gasteiger partial charge in [0.05, 0.1) is 10.4 Å². The zero-order valence-electron chi connectivity index (χ0n) is 8.50. The molecule has 1 aromatic rings. The van der Waals surface area contributed by atoms with Crippen molar-refractivity contribution in [3.05, 3.63) is 20.3 Å². The molecule has 0 fully saturated rings. The molecule has 0 aliphatic rings. The van der Waals surface area contributed by atoms with Crippen molar-refractivity contribution in [2.75, 3.05) is 14.1 Å². The molecule has 0 spiro atoms. The standard InChI is InChI=1S/C9H10ClNO3S/c1-4-5(9(13)14)7(10)15-6(4)8(12)11(2)3/h1-3H3,(H,13,14). The van der Waals surface area contributed by atoms with Crippen LogP contribution in [0.3, 0.4) is 0 Å². The molecule has 1 N–H and O–H groups in total. The lowest BCUT2D eigenvalue weighted by Gasteiger charge is -2.08. The molecule has 0 saturated carbocycles. The maximum Gasteiger partial charge on any atom is 0.338 e. The normalized spacial score (nSPS) is 10.1. The smallest absolute Gasteiger partial charge is 0.338 e. The second kappa shape index (κ2) is 4.20. The highest BCUT2D eigenvalue weighted by atomic mass is 35.5. The molecule has 0 aliphatic carbocycles. The van der Waals surface area contributed by atoms with Crippen molar-refractivity contribution in [2.45, 2.75) is 6.92 Å². The quantitative estimate of drug-likeness (QED) is 0.871. The molecule has 0 radical (unpaired) electrons. The van der Waals surface area contributed by atoms with E-state index in [9.17, 15) is 9.59 Å². The Morgan fingerprint density at radius 1 is 1.40 bits per heavy atom. The van der Waals surface area contributed by atoms with Crippen LogP contribution in [0.2, 0.25) is 4.34 Å². The lowest BCUT2D eigenvalue weighted by molar-refractivity contribution is 0.0697. The topological polar surface area (TPSA) is 57.6 Å². The van der Waals surface area contributed by atoms with Crippen molar-refractivity contribution >= 4 is 34.8 Å². The van der Waals surface area contributed by atoms with Gasteiger partial charge in [-0.2, -0.15) is 0 Å². The number of carbonyl (C=O) groups excluding carboxylic acids is 1. The molecule has 0 aliphatic heterocycles. The monoisotopic (exact) mass is 247 g/mol. The molecule has 1 amide bonds. The van der Waals surface area contributed by atoms with Crippen molar-refractivity contribution < 1.29 is 14.7 Å². The third-order valence-corrected chi connectivity index (χ3v) is 3.41. The van der Waals surface area contributed by atoms with Crippen molar-refractivity contribution in [3.8, 4) is 0 Å². The first-order chi connectivity index (χ1) is 6.86. The molecular weight excluding hydrogens is 238 g/mol. The van der Waals surface area contributed by atoms with E-state index in [2.05, 4.69) is 0 Å². The van der Waals surface area contributed by atoms with E-state index in [0.29, 0.717) is 10.4 Å². The highest BCUT2D eigenvalue weighted by Gasteiger charge is 2.23. The van der Waals surface area contributed by atoms with Crippen molar-refractivity contribution in [1.29, 1.82) is 0 Å². The minimum atomic E-state index is -1.11. The van der Waals surface area contributed by atoms with Crippen LogP contribution in [-0.4, -0.2) is 36.0 Å². The number of hydrogen-bond donors (Lipinski definition) is 1.